The molecule has 0 atom stereocenters. The summed E-state index contributed by atoms with van der Waals surface area (Å²) >= 11 is 6.52. The van der Waals surface area contributed by atoms with Gasteiger partial charge in [0.15, 0.2) is 0 Å². The monoisotopic (exact) mass is 451 g/mol. The van der Waals surface area contributed by atoms with Gasteiger partial charge in [-0.2, -0.15) is 0 Å². The van der Waals surface area contributed by atoms with E-state index in [4.69, 9.17) is 12.2 Å². The van der Waals surface area contributed by atoms with Crippen LogP contribution in [-0.4, -0.2) is 35.7 Å². The van der Waals surface area contributed by atoms with Crippen molar-refractivity contribution in [2.24, 2.45) is 0 Å². The van der Waals surface area contributed by atoms with E-state index in [2.05, 4.69) is 4.72 Å². The molecule has 1 heterocycles. The summed E-state index contributed by atoms with van der Waals surface area (Å²) in [6, 6.07) is 9.23. The number of thioether (sulfide) groups is 1. The first-order valence-electron chi connectivity index (χ1n) is 9.02. The van der Waals surface area contributed by atoms with Crippen molar-refractivity contribution in [1.29, 1.82) is 0 Å². The highest BCUT2D eigenvalue weighted by molar-refractivity contribution is 8.23. The Labute approximate surface area is 179 Å². The van der Waals surface area contributed by atoms with Gasteiger partial charge in [-0.3, -0.25) is 14.8 Å². The first-order chi connectivity index (χ1) is 13.7. The molecular weight excluding hydrogens is 430 g/mol. The summed E-state index contributed by atoms with van der Waals surface area (Å²) in [6.45, 7) is 5.39. The number of nitro benzene ring substituents is 1. The summed E-state index contributed by atoms with van der Waals surface area (Å²) in [7, 11) is -3.97. The molecule has 0 amide bonds. The molecular formula is C19H21N3O4S3. The van der Waals surface area contributed by atoms with E-state index < -0.39 is 14.9 Å². The molecule has 1 aliphatic heterocycles. The van der Waals surface area contributed by atoms with Gasteiger partial charge in [-0.25, -0.2) is 8.42 Å². The van der Waals surface area contributed by atoms with E-state index in [1.165, 1.54) is 12.1 Å². The van der Waals surface area contributed by atoms with Crippen LogP contribution in [0.1, 0.15) is 24.0 Å². The number of thiocarbonyl (C=S) groups is 1. The topological polar surface area (TPSA) is 92.6 Å². The number of aryl methyl sites for hydroxylation is 2. The quantitative estimate of drug-likeness (QED) is 0.310. The smallest absolute Gasteiger partial charge is 0.284 e. The van der Waals surface area contributed by atoms with Crippen LogP contribution in [0.4, 0.5) is 11.4 Å². The highest BCUT2D eigenvalue weighted by Gasteiger charge is 2.25. The maximum Gasteiger partial charge on any atom is 0.284 e. The van der Waals surface area contributed by atoms with E-state index in [1.54, 1.807) is 19.1 Å². The Morgan fingerprint density at radius 3 is 2.48 bits per heavy atom. The molecule has 0 bridgehead atoms. The number of hydrogen-bond donors (Lipinski definition) is 1. The second-order valence-corrected chi connectivity index (χ2v) is 10.2. The van der Waals surface area contributed by atoms with Crippen molar-refractivity contribution < 1.29 is 13.3 Å². The molecule has 0 unspecified atom stereocenters. The predicted octanol–water partition coefficient (Wildman–Crippen LogP) is 4.49. The van der Waals surface area contributed by atoms with E-state index >= 15 is 0 Å². The summed E-state index contributed by atoms with van der Waals surface area (Å²) in [6.07, 6.45) is 2.09. The minimum atomic E-state index is -3.97. The van der Waals surface area contributed by atoms with E-state index in [1.807, 2.05) is 17.9 Å². The van der Waals surface area contributed by atoms with Crippen LogP contribution in [0.3, 0.4) is 0 Å². The SMILES string of the molecule is Cc1ccc(NS(=O)(=O)c2ccc(SC(=S)N3CCCC3)c([N+](=O)[O-])c2)c(C)c1. The maximum absolute atomic E-state index is 12.8. The lowest BCUT2D eigenvalue weighted by molar-refractivity contribution is -0.387. The molecule has 0 aromatic heterocycles. The van der Waals surface area contributed by atoms with Crippen LogP contribution in [0.2, 0.25) is 0 Å². The second kappa shape index (κ2) is 8.68. The molecule has 0 spiro atoms. The number of nitro groups is 1. The molecule has 0 saturated carbocycles. The van der Waals surface area contributed by atoms with E-state index in [-0.39, 0.29) is 10.6 Å². The van der Waals surface area contributed by atoms with Gasteiger partial charge in [0.25, 0.3) is 15.7 Å². The zero-order valence-electron chi connectivity index (χ0n) is 16.0. The number of hydrogen-bond acceptors (Lipinski definition) is 6. The van der Waals surface area contributed by atoms with Crippen molar-refractivity contribution in [1.82, 2.24) is 4.90 Å². The van der Waals surface area contributed by atoms with Gasteiger partial charge in [0, 0.05) is 19.2 Å². The molecule has 154 valence electrons. The van der Waals surface area contributed by atoms with E-state index in [9.17, 15) is 18.5 Å². The Bertz CT molecular complexity index is 1060. The van der Waals surface area contributed by atoms with Gasteiger partial charge < -0.3 is 4.90 Å². The fourth-order valence-electron chi connectivity index (χ4n) is 3.08. The zero-order valence-corrected chi connectivity index (χ0v) is 18.5. The minimum absolute atomic E-state index is 0.166. The molecule has 10 heteroatoms. The van der Waals surface area contributed by atoms with Gasteiger partial charge in [0.1, 0.15) is 4.32 Å². The molecule has 3 rings (SSSR count). The van der Waals surface area contributed by atoms with Gasteiger partial charge in [-0.1, -0.05) is 41.7 Å². The lowest BCUT2D eigenvalue weighted by Gasteiger charge is -2.17. The largest absolute Gasteiger partial charge is 0.357 e. The third-order valence-corrected chi connectivity index (χ3v) is 7.49. The Kier molecular flexibility index (Phi) is 6.45. The average molecular weight is 452 g/mol. The predicted molar refractivity (Wildman–Crippen MR) is 119 cm³/mol. The number of benzene rings is 2. The van der Waals surface area contributed by atoms with Crippen molar-refractivity contribution in [3.05, 3.63) is 57.6 Å². The summed E-state index contributed by atoms with van der Waals surface area (Å²) in [4.78, 5) is 13.2. The highest BCUT2D eigenvalue weighted by atomic mass is 32.2. The Morgan fingerprint density at radius 1 is 1.17 bits per heavy atom. The molecule has 0 radical (unpaired) electrons. The van der Waals surface area contributed by atoms with Crippen molar-refractivity contribution >= 4 is 49.7 Å². The van der Waals surface area contributed by atoms with Gasteiger partial charge in [0.05, 0.1) is 20.4 Å². The molecule has 2 aromatic carbocycles. The van der Waals surface area contributed by atoms with Crippen molar-refractivity contribution in [3.8, 4) is 0 Å². The molecule has 1 saturated heterocycles. The summed E-state index contributed by atoms with van der Waals surface area (Å²) in [5, 5.41) is 11.6. The summed E-state index contributed by atoms with van der Waals surface area (Å²) in [5.74, 6) is 0. The first kappa shape index (κ1) is 21.5. The van der Waals surface area contributed by atoms with E-state index in [0.717, 1.165) is 54.9 Å². The second-order valence-electron chi connectivity index (χ2n) is 6.87. The summed E-state index contributed by atoms with van der Waals surface area (Å²) in [5.41, 5.74) is 1.94. The van der Waals surface area contributed by atoms with Gasteiger partial charge >= 0.3 is 0 Å². The molecule has 7 nitrogen and oxygen atoms in total. The van der Waals surface area contributed by atoms with Crippen LogP contribution in [0, 0.1) is 24.0 Å². The molecule has 1 aliphatic rings. The van der Waals surface area contributed by atoms with Gasteiger partial charge in [0.2, 0.25) is 0 Å². The average Bonchev–Trinajstić information content (AvgIpc) is 3.19. The highest BCUT2D eigenvalue weighted by Crippen LogP contribution is 2.34. The molecule has 2 aromatic rings. The maximum atomic E-state index is 12.8. The first-order valence-corrected chi connectivity index (χ1v) is 11.7. The lowest BCUT2D eigenvalue weighted by Crippen LogP contribution is -2.23. The zero-order chi connectivity index (χ0) is 21.2. The van der Waals surface area contributed by atoms with Crippen LogP contribution in [-0.2, 0) is 10.0 Å². The molecule has 0 aliphatic carbocycles. The number of likely N-dealkylation sites (tertiary alicyclic amines) is 1. The third-order valence-electron chi connectivity index (χ3n) is 4.63. The number of nitrogens with zero attached hydrogens (tertiary/aromatic N) is 2. The summed E-state index contributed by atoms with van der Waals surface area (Å²) < 4.78 is 28.6. The van der Waals surface area contributed by atoms with Crippen LogP contribution in [0.15, 0.2) is 46.2 Å². The fraction of sp³-hybridized carbons (Fsp3) is 0.316. The van der Waals surface area contributed by atoms with Crippen LogP contribution < -0.4 is 4.72 Å². The van der Waals surface area contributed by atoms with Crippen LogP contribution >= 0.6 is 24.0 Å². The standard InChI is InChI=1S/C19H21N3O4S3/c1-13-5-7-16(14(2)11-13)20-29(25,26)15-6-8-18(17(12-15)22(23)24)28-19(27)21-9-3-4-10-21/h5-8,11-12,20H,3-4,9-10H2,1-2H3. The number of nitrogens with one attached hydrogen (secondary N) is 1. The molecule has 29 heavy (non-hydrogen) atoms. The molecule has 1 N–H and O–H groups in total. The van der Waals surface area contributed by atoms with Crippen molar-refractivity contribution in [3.63, 3.8) is 0 Å². The lowest BCUT2D eigenvalue weighted by atomic mass is 10.1. The van der Waals surface area contributed by atoms with Crippen LogP contribution in [0.5, 0.6) is 0 Å². The van der Waals surface area contributed by atoms with Crippen LogP contribution in [0.25, 0.3) is 0 Å². The minimum Gasteiger partial charge on any atom is -0.357 e. The fourth-order valence-corrected chi connectivity index (χ4v) is 5.56. The Morgan fingerprint density at radius 2 is 1.86 bits per heavy atom. The Hall–Kier alpha value is -2.17. The Balaban J connectivity index is 1.88. The van der Waals surface area contributed by atoms with Crippen molar-refractivity contribution in [2.45, 2.75) is 36.5 Å². The van der Waals surface area contributed by atoms with Gasteiger partial charge in [-0.05, 0) is 50.5 Å². The van der Waals surface area contributed by atoms with E-state index in [0.29, 0.717) is 14.9 Å². The third kappa shape index (κ3) is 5.06. The number of sulfonamides is 1. The van der Waals surface area contributed by atoms with Crippen molar-refractivity contribution in [2.75, 3.05) is 17.8 Å². The van der Waals surface area contributed by atoms with Gasteiger partial charge in [-0.15, -0.1) is 0 Å². The number of rotatable bonds is 5. The number of anilines is 1. The normalized spacial score (nSPS) is 14.1. The molecule has 1 fully saturated rings.